The summed E-state index contributed by atoms with van der Waals surface area (Å²) in [6.45, 7) is 0. The van der Waals surface area contributed by atoms with Crippen molar-refractivity contribution in [2.75, 3.05) is 0 Å². The van der Waals surface area contributed by atoms with Gasteiger partial charge in [0.1, 0.15) is 6.29 Å². The van der Waals surface area contributed by atoms with Gasteiger partial charge >= 0.3 is 5.97 Å². The maximum Gasteiger partial charge on any atom is 0.328 e. The number of allylic oxidation sites excluding steroid dienone is 9. The minimum atomic E-state index is -0.943. The molecule has 3 nitrogen and oxygen atoms in total. The molecule has 0 rings (SSSR count). The monoisotopic (exact) mass is 316 g/mol. The van der Waals surface area contributed by atoms with Crippen molar-refractivity contribution in [2.45, 2.75) is 51.4 Å². The van der Waals surface area contributed by atoms with E-state index in [1.165, 1.54) is 38.2 Å². The first-order chi connectivity index (χ1) is 11.3. The summed E-state index contributed by atoms with van der Waals surface area (Å²) < 4.78 is 0. The van der Waals surface area contributed by atoms with E-state index in [1.54, 1.807) is 12.2 Å². The van der Waals surface area contributed by atoms with Gasteiger partial charge in [0.15, 0.2) is 0 Å². The van der Waals surface area contributed by atoms with Crippen LogP contribution in [0.25, 0.3) is 0 Å². The Morgan fingerprint density at radius 3 is 1.70 bits per heavy atom. The van der Waals surface area contributed by atoms with Gasteiger partial charge in [0.2, 0.25) is 0 Å². The second-order valence-corrected chi connectivity index (χ2v) is 5.15. The van der Waals surface area contributed by atoms with Crippen LogP contribution in [0.5, 0.6) is 0 Å². The molecule has 126 valence electrons. The topological polar surface area (TPSA) is 54.4 Å². The molecule has 0 aliphatic heterocycles. The second-order valence-electron chi connectivity index (χ2n) is 5.15. The van der Waals surface area contributed by atoms with Crippen molar-refractivity contribution in [1.29, 1.82) is 0 Å². The summed E-state index contributed by atoms with van der Waals surface area (Å²) in [6, 6.07) is 0. The normalized spacial score (nSPS) is 12.5. The fourth-order valence-electron chi connectivity index (χ4n) is 1.89. The molecule has 0 saturated heterocycles. The molecule has 0 unspecified atom stereocenters. The highest BCUT2D eigenvalue weighted by Crippen LogP contribution is 2.08. The number of hydrogen-bond donors (Lipinski definition) is 1. The largest absolute Gasteiger partial charge is 0.478 e. The number of hydrogen-bond acceptors (Lipinski definition) is 2. The lowest BCUT2D eigenvalue weighted by Gasteiger charge is -1.98. The summed E-state index contributed by atoms with van der Waals surface area (Å²) in [5.74, 6) is -0.943. The Balaban J connectivity index is 3.48. The van der Waals surface area contributed by atoms with E-state index in [2.05, 4.69) is 6.08 Å². The smallest absolute Gasteiger partial charge is 0.328 e. The van der Waals surface area contributed by atoms with Crippen LogP contribution in [0.4, 0.5) is 0 Å². The standard InChI is InChI=1S/C20H28O3/c21-19-17-15-13-11-9-7-5-3-1-2-4-6-8-10-12-14-16-18-20(22)23/h1-2,4,6,8,10,12,14,16,18-19H,3,5,7,9,11,13,15,17H2,(H,22,23). The lowest BCUT2D eigenvalue weighted by atomic mass is 10.1. The number of aliphatic carboxylic acids is 1. The number of carbonyl (C=O) groups excluding carboxylic acids is 1. The summed E-state index contributed by atoms with van der Waals surface area (Å²) in [7, 11) is 0. The van der Waals surface area contributed by atoms with Crippen molar-refractivity contribution in [3.05, 3.63) is 60.8 Å². The van der Waals surface area contributed by atoms with Crippen LogP contribution in [0, 0.1) is 0 Å². The fraction of sp³-hybridized carbons (Fsp3) is 0.400. The first-order valence-electron chi connectivity index (χ1n) is 8.27. The molecule has 0 radical (unpaired) electrons. The van der Waals surface area contributed by atoms with Crippen molar-refractivity contribution >= 4 is 12.3 Å². The predicted molar refractivity (Wildman–Crippen MR) is 96.3 cm³/mol. The Hall–Kier alpha value is -2.16. The van der Waals surface area contributed by atoms with Crippen LogP contribution < -0.4 is 0 Å². The van der Waals surface area contributed by atoms with Crippen LogP contribution in [0.3, 0.4) is 0 Å². The molecule has 0 saturated carbocycles. The summed E-state index contributed by atoms with van der Waals surface area (Å²) in [4.78, 5) is 20.3. The maximum absolute atomic E-state index is 10.2. The van der Waals surface area contributed by atoms with Crippen molar-refractivity contribution in [1.82, 2.24) is 0 Å². The van der Waals surface area contributed by atoms with Gasteiger partial charge in [0, 0.05) is 12.5 Å². The van der Waals surface area contributed by atoms with Crippen molar-refractivity contribution in [2.24, 2.45) is 0 Å². The zero-order chi connectivity index (χ0) is 17.0. The van der Waals surface area contributed by atoms with Crippen LogP contribution in [-0.2, 0) is 9.59 Å². The SMILES string of the molecule is O=CCCCCCCCCC=CC=CC=CC=CC=CC(=O)O. The van der Waals surface area contributed by atoms with Crippen LogP contribution in [0.1, 0.15) is 51.4 Å². The van der Waals surface area contributed by atoms with Crippen LogP contribution in [0.15, 0.2) is 60.8 Å². The average Bonchev–Trinajstić information content (AvgIpc) is 2.53. The molecular weight excluding hydrogens is 288 g/mol. The number of carboxylic acids is 1. The second kappa shape index (κ2) is 17.9. The Bertz CT molecular complexity index is 440. The molecule has 0 aromatic carbocycles. The molecular formula is C20H28O3. The molecule has 0 aliphatic rings. The van der Waals surface area contributed by atoms with Crippen molar-refractivity contribution in [3.8, 4) is 0 Å². The fourth-order valence-corrected chi connectivity index (χ4v) is 1.89. The van der Waals surface area contributed by atoms with Gasteiger partial charge in [0.25, 0.3) is 0 Å². The average molecular weight is 316 g/mol. The number of unbranched alkanes of at least 4 members (excludes halogenated alkanes) is 7. The Labute approximate surface area is 139 Å². The number of carboxylic acid groups (broad SMARTS) is 1. The van der Waals surface area contributed by atoms with Gasteiger partial charge in [-0.2, -0.15) is 0 Å². The van der Waals surface area contributed by atoms with E-state index in [4.69, 9.17) is 5.11 Å². The van der Waals surface area contributed by atoms with Gasteiger partial charge in [-0.05, 0) is 19.3 Å². The summed E-state index contributed by atoms with van der Waals surface area (Å²) in [5.41, 5.74) is 0. The van der Waals surface area contributed by atoms with Crippen molar-refractivity contribution in [3.63, 3.8) is 0 Å². The van der Waals surface area contributed by atoms with E-state index in [1.807, 2.05) is 30.4 Å². The van der Waals surface area contributed by atoms with Crippen LogP contribution in [0.2, 0.25) is 0 Å². The Morgan fingerprint density at radius 1 is 0.652 bits per heavy atom. The van der Waals surface area contributed by atoms with Crippen LogP contribution in [-0.4, -0.2) is 17.4 Å². The van der Waals surface area contributed by atoms with Gasteiger partial charge in [-0.3, -0.25) is 0 Å². The minimum absolute atomic E-state index is 0.707. The van der Waals surface area contributed by atoms with Crippen molar-refractivity contribution < 1.29 is 14.7 Å². The lowest BCUT2D eigenvalue weighted by Crippen LogP contribution is -1.84. The third kappa shape index (κ3) is 19.8. The van der Waals surface area contributed by atoms with Gasteiger partial charge < -0.3 is 9.90 Å². The summed E-state index contributed by atoms with van der Waals surface area (Å²) >= 11 is 0. The zero-order valence-electron chi connectivity index (χ0n) is 13.8. The van der Waals surface area contributed by atoms with Gasteiger partial charge in [0.05, 0.1) is 0 Å². The van der Waals surface area contributed by atoms with E-state index in [0.29, 0.717) is 6.42 Å². The molecule has 0 aromatic heterocycles. The predicted octanol–water partition coefficient (Wildman–Crippen LogP) is 5.17. The highest BCUT2D eigenvalue weighted by atomic mass is 16.4. The summed E-state index contributed by atoms with van der Waals surface area (Å²) in [5, 5.41) is 8.38. The molecule has 0 amide bonds. The van der Waals surface area contributed by atoms with E-state index in [0.717, 1.165) is 25.2 Å². The highest BCUT2D eigenvalue weighted by Gasteiger charge is 1.90. The first-order valence-corrected chi connectivity index (χ1v) is 8.27. The van der Waals surface area contributed by atoms with E-state index < -0.39 is 5.97 Å². The van der Waals surface area contributed by atoms with Gasteiger partial charge in [-0.25, -0.2) is 4.79 Å². The van der Waals surface area contributed by atoms with E-state index >= 15 is 0 Å². The Morgan fingerprint density at radius 2 is 1.13 bits per heavy atom. The number of rotatable bonds is 14. The summed E-state index contributed by atoms with van der Waals surface area (Å²) in [6.07, 6.45) is 27.9. The third-order valence-electron chi connectivity index (χ3n) is 3.10. The molecule has 0 atom stereocenters. The van der Waals surface area contributed by atoms with Crippen LogP contribution >= 0.6 is 0 Å². The lowest BCUT2D eigenvalue weighted by molar-refractivity contribution is -0.131. The number of carbonyl (C=O) groups is 2. The first kappa shape index (κ1) is 20.8. The molecule has 0 fully saturated rings. The maximum atomic E-state index is 10.2. The molecule has 0 aliphatic carbocycles. The quantitative estimate of drug-likeness (QED) is 0.208. The molecule has 23 heavy (non-hydrogen) atoms. The van der Waals surface area contributed by atoms with E-state index in [9.17, 15) is 9.59 Å². The highest BCUT2D eigenvalue weighted by molar-refractivity contribution is 5.80. The molecule has 3 heteroatoms. The number of aldehydes is 1. The van der Waals surface area contributed by atoms with Gasteiger partial charge in [-0.15, -0.1) is 0 Å². The minimum Gasteiger partial charge on any atom is -0.478 e. The van der Waals surface area contributed by atoms with Gasteiger partial charge in [-0.1, -0.05) is 80.4 Å². The van der Waals surface area contributed by atoms with E-state index in [-0.39, 0.29) is 0 Å². The molecule has 0 aromatic rings. The Kier molecular flexibility index (Phi) is 16.2. The molecule has 0 heterocycles. The molecule has 1 N–H and O–H groups in total. The molecule has 0 bridgehead atoms. The zero-order valence-corrected chi connectivity index (χ0v) is 13.8. The molecule has 0 spiro atoms. The third-order valence-corrected chi connectivity index (χ3v) is 3.10.